The van der Waals surface area contributed by atoms with Crippen LogP contribution in [0.25, 0.3) is 0 Å². The van der Waals surface area contributed by atoms with E-state index in [4.69, 9.17) is 10.2 Å². The fraction of sp³-hybridized carbons (Fsp3) is 1.00. The summed E-state index contributed by atoms with van der Waals surface area (Å²) < 4.78 is 36.2. The van der Waals surface area contributed by atoms with Crippen LogP contribution >= 0.6 is 11.8 Å². The maximum atomic E-state index is 12.1. The van der Waals surface area contributed by atoms with E-state index in [1.165, 1.54) is 11.8 Å². The maximum absolute atomic E-state index is 12.1. The molecule has 0 aromatic carbocycles. The predicted molar refractivity (Wildman–Crippen MR) is 50.0 cm³/mol. The molecule has 0 spiro atoms. The summed E-state index contributed by atoms with van der Waals surface area (Å²) in [4.78, 5) is 0. The molecular formula is C8H15F3O2S. The van der Waals surface area contributed by atoms with E-state index in [0.717, 1.165) is 0 Å². The number of aliphatic hydroxyl groups is 2. The first-order valence-electron chi connectivity index (χ1n) is 4.25. The van der Waals surface area contributed by atoms with Crippen molar-refractivity contribution in [2.75, 3.05) is 12.0 Å². The van der Waals surface area contributed by atoms with Gasteiger partial charge in [0.15, 0.2) is 0 Å². The summed E-state index contributed by atoms with van der Waals surface area (Å²) in [6.45, 7) is 1.73. The van der Waals surface area contributed by atoms with Gasteiger partial charge in [-0.15, -0.1) is 0 Å². The quantitative estimate of drug-likeness (QED) is 0.712. The molecule has 86 valence electrons. The Labute approximate surface area is 85.5 Å². The number of alkyl halides is 3. The van der Waals surface area contributed by atoms with Gasteiger partial charge >= 0.3 is 6.18 Å². The zero-order valence-electron chi connectivity index (χ0n) is 8.14. The highest BCUT2D eigenvalue weighted by Crippen LogP contribution is 2.34. The third-order valence-electron chi connectivity index (χ3n) is 2.01. The van der Waals surface area contributed by atoms with Crippen molar-refractivity contribution in [1.29, 1.82) is 0 Å². The van der Waals surface area contributed by atoms with Crippen LogP contribution in [0.2, 0.25) is 0 Å². The summed E-state index contributed by atoms with van der Waals surface area (Å²) in [5.41, 5.74) is 0. The molecule has 0 aromatic rings. The third-order valence-corrected chi connectivity index (χ3v) is 2.81. The standard InChI is InChI=1S/C8H15F3O2S/c1-3-6(5-14-2)4-7(12,13)8(9,10)11/h6,12-13H,3-5H2,1-2H3/t6-/m0/s1. The summed E-state index contributed by atoms with van der Waals surface area (Å²) in [6, 6.07) is 0. The van der Waals surface area contributed by atoms with Gasteiger partial charge in [-0.2, -0.15) is 24.9 Å². The van der Waals surface area contributed by atoms with Crippen LogP contribution in [0.4, 0.5) is 13.2 Å². The van der Waals surface area contributed by atoms with Crippen LogP contribution in [0.15, 0.2) is 0 Å². The smallest absolute Gasteiger partial charge is 0.359 e. The molecule has 1 atom stereocenters. The number of hydrogen-bond acceptors (Lipinski definition) is 3. The van der Waals surface area contributed by atoms with Crippen LogP contribution in [0.5, 0.6) is 0 Å². The molecule has 0 radical (unpaired) electrons. The summed E-state index contributed by atoms with van der Waals surface area (Å²) in [7, 11) is 0. The molecule has 0 aromatic heterocycles. The first-order chi connectivity index (χ1) is 6.24. The first kappa shape index (κ1) is 14.1. The molecule has 2 nitrogen and oxygen atoms in total. The average molecular weight is 232 g/mol. The van der Waals surface area contributed by atoms with Gasteiger partial charge in [-0.05, 0) is 17.9 Å². The largest absolute Gasteiger partial charge is 0.442 e. The average Bonchev–Trinajstić information content (AvgIpc) is 2.01. The van der Waals surface area contributed by atoms with Crippen LogP contribution in [0, 0.1) is 5.92 Å². The molecule has 0 heterocycles. The van der Waals surface area contributed by atoms with E-state index < -0.39 is 18.4 Å². The molecule has 0 aliphatic carbocycles. The van der Waals surface area contributed by atoms with Crippen LogP contribution in [0.3, 0.4) is 0 Å². The van der Waals surface area contributed by atoms with E-state index in [-0.39, 0.29) is 5.92 Å². The molecule has 0 saturated heterocycles. The van der Waals surface area contributed by atoms with Crippen molar-refractivity contribution in [3.05, 3.63) is 0 Å². The lowest BCUT2D eigenvalue weighted by atomic mass is 9.98. The fourth-order valence-corrected chi connectivity index (χ4v) is 1.90. The Balaban J connectivity index is 4.32. The lowest BCUT2D eigenvalue weighted by Crippen LogP contribution is -2.46. The van der Waals surface area contributed by atoms with Gasteiger partial charge in [0.1, 0.15) is 0 Å². The van der Waals surface area contributed by atoms with Crippen molar-refractivity contribution >= 4 is 11.8 Å². The Hall–Kier alpha value is 0.0600. The van der Waals surface area contributed by atoms with Gasteiger partial charge < -0.3 is 10.2 Å². The van der Waals surface area contributed by atoms with Crippen molar-refractivity contribution in [3.8, 4) is 0 Å². The Morgan fingerprint density at radius 2 is 1.79 bits per heavy atom. The van der Waals surface area contributed by atoms with Crippen LogP contribution < -0.4 is 0 Å². The van der Waals surface area contributed by atoms with E-state index >= 15 is 0 Å². The molecule has 6 heteroatoms. The number of thioether (sulfide) groups is 1. The second kappa shape index (κ2) is 5.23. The molecule has 0 fully saturated rings. The lowest BCUT2D eigenvalue weighted by molar-refractivity contribution is -0.354. The van der Waals surface area contributed by atoms with Gasteiger partial charge in [-0.1, -0.05) is 13.3 Å². The summed E-state index contributed by atoms with van der Waals surface area (Å²) in [5.74, 6) is -3.39. The topological polar surface area (TPSA) is 40.5 Å². The molecule has 0 unspecified atom stereocenters. The normalized spacial score (nSPS) is 15.6. The summed E-state index contributed by atoms with van der Waals surface area (Å²) in [6.07, 6.45) is -3.36. The molecule has 0 bridgehead atoms. The van der Waals surface area contributed by atoms with E-state index in [9.17, 15) is 13.2 Å². The minimum absolute atomic E-state index is 0.332. The fourth-order valence-electron chi connectivity index (χ4n) is 1.08. The Bertz CT molecular complexity index is 170. The Morgan fingerprint density at radius 3 is 2.07 bits per heavy atom. The van der Waals surface area contributed by atoms with Gasteiger partial charge in [-0.25, -0.2) is 0 Å². The van der Waals surface area contributed by atoms with Gasteiger partial charge in [-0.3, -0.25) is 0 Å². The SMILES string of the molecule is CC[C@H](CSC)CC(O)(O)C(F)(F)F. The number of halogens is 3. The van der Waals surface area contributed by atoms with Gasteiger partial charge in [0.25, 0.3) is 5.79 Å². The van der Waals surface area contributed by atoms with Crippen molar-refractivity contribution in [2.45, 2.75) is 31.7 Å². The van der Waals surface area contributed by atoms with Crippen molar-refractivity contribution < 1.29 is 23.4 Å². The number of rotatable bonds is 5. The lowest BCUT2D eigenvalue weighted by Gasteiger charge is -2.28. The van der Waals surface area contributed by atoms with Gasteiger partial charge in [0.2, 0.25) is 0 Å². The number of hydrogen-bond donors (Lipinski definition) is 2. The van der Waals surface area contributed by atoms with Crippen LogP contribution in [-0.2, 0) is 0 Å². The predicted octanol–water partition coefficient (Wildman–Crippen LogP) is 2.01. The van der Waals surface area contributed by atoms with Crippen molar-refractivity contribution in [3.63, 3.8) is 0 Å². The summed E-state index contributed by atoms with van der Waals surface area (Å²) >= 11 is 1.40. The second-order valence-corrected chi connectivity index (χ2v) is 4.16. The van der Waals surface area contributed by atoms with Crippen molar-refractivity contribution in [1.82, 2.24) is 0 Å². The molecule has 0 amide bonds. The molecule has 0 rings (SSSR count). The Morgan fingerprint density at radius 1 is 1.29 bits per heavy atom. The van der Waals surface area contributed by atoms with E-state index in [1.54, 1.807) is 13.2 Å². The van der Waals surface area contributed by atoms with Gasteiger partial charge in [0.05, 0.1) is 0 Å². The molecule has 0 saturated carbocycles. The maximum Gasteiger partial charge on any atom is 0.442 e. The van der Waals surface area contributed by atoms with E-state index in [2.05, 4.69) is 0 Å². The zero-order chi connectivity index (χ0) is 11.4. The van der Waals surface area contributed by atoms with Gasteiger partial charge in [0, 0.05) is 6.42 Å². The first-order valence-corrected chi connectivity index (χ1v) is 5.64. The molecule has 14 heavy (non-hydrogen) atoms. The monoisotopic (exact) mass is 232 g/mol. The second-order valence-electron chi connectivity index (χ2n) is 3.25. The highest BCUT2D eigenvalue weighted by Gasteiger charge is 2.53. The summed E-state index contributed by atoms with van der Waals surface area (Å²) in [5, 5.41) is 17.6. The van der Waals surface area contributed by atoms with Crippen molar-refractivity contribution in [2.24, 2.45) is 5.92 Å². The molecule has 0 aliphatic heterocycles. The minimum Gasteiger partial charge on any atom is -0.359 e. The Kier molecular flexibility index (Phi) is 5.25. The molecule has 0 aliphatic rings. The van der Waals surface area contributed by atoms with E-state index in [1.807, 2.05) is 0 Å². The van der Waals surface area contributed by atoms with E-state index in [0.29, 0.717) is 12.2 Å². The highest BCUT2D eigenvalue weighted by molar-refractivity contribution is 7.98. The third kappa shape index (κ3) is 4.06. The minimum atomic E-state index is -4.97. The van der Waals surface area contributed by atoms with Crippen LogP contribution in [0.1, 0.15) is 19.8 Å². The highest BCUT2D eigenvalue weighted by atomic mass is 32.2. The molecule has 2 N–H and O–H groups in total. The zero-order valence-corrected chi connectivity index (χ0v) is 8.95. The molecular weight excluding hydrogens is 217 g/mol. The van der Waals surface area contributed by atoms with Crippen LogP contribution in [-0.4, -0.2) is 34.2 Å².